The molecule has 0 aliphatic heterocycles. The summed E-state index contributed by atoms with van der Waals surface area (Å²) in [6, 6.07) is 9.18. The molecule has 190 valence electrons. The average Bonchev–Trinajstić information content (AvgIpc) is 2.81. The number of unbranched alkanes of at least 4 members (excludes halogenated alkanes) is 11. The van der Waals surface area contributed by atoms with E-state index in [0.29, 0.717) is 29.5 Å². The van der Waals surface area contributed by atoms with Crippen LogP contribution in [0.2, 0.25) is 5.02 Å². The van der Waals surface area contributed by atoms with Gasteiger partial charge in [0.25, 0.3) is 5.91 Å². The summed E-state index contributed by atoms with van der Waals surface area (Å²) >= 11 is 6.35. The van der Waals surface area contributed by atoms with Crippen LogP contribution in [0.5, 0.6) is 5.75 Å². The lowest BCUT2D eigenvalue weighted by Gasteiger charge is -2.10. The molecular weight excluding hydrogens is 559 g/mol. The number of rotatable bonds is 17. The lowest BCUT2D eigenvalue weighted by atomic mass is 10.1. The van der Waals surface area contributed by atoms with Crippen molar-refractivity contribution in [2.45, 2.75) is 90.5 Å². The standard InChI is InChI=1S/C28H41ClN2O2.HI/c1-3-4-5-6-7-8-9-10-11-12-13-14-20-33-27-18-17-25(21-26(27)29)28(32)30-22-24-16-15-19-31(2)23-24;/h15-19,21,23H,3-14,20,22H2,1-2H3;1H. The van der Waals surface area contributed by atoms with E-state index >= 15 is 0 Å². The molecule has 0 unspecified atom stereocenters. The zero-order valence-electron chi connectivity index (χ0n) is 21.0. The maximum Gasteiger partial charge on any atom is 0.251 e. The molecule has 1 aromatic heterocycles. The molecule has 6 heteroatoms. The van der Waals surface area contributed by atoms with Crippen molar-refractivity contribution in [3.8, 4) is 5.75 Å². The Hall–Kier alpha value is -1.34. The molecule has 0 spiro atoms. The molecule has 1 N–H and O–H groups in total. The van der Waals surface area contributed by atoms with Gasteiger partial charge in [0.15, 0.2) is 12.4 Å². The van der Waals surface area contributed by atoms with Gasteiger partial charge in [0.2, 0.25) is 0 Å². The highest BCUT2D eigenvalue weighted by Crippen LogP contribution is 2.26. The Balaban J connectivity index is 0.00000578. The number of pyridine rings is 1. The van der Waals surface area contributed by atoms with Gasteiger partial charge in [0.05, 0.1) is 11.6 Å². The number of benzene rings is 1. The van der Waals surface area contributed by atoms with E-state index in [-0.39, 0.29) is 29.9 Å². The van der Waals surface area contributed by atoms with Crippen LogP contribution in [0, 0.1) is 0 Å². The molecule has 0 saturated heterocycles. The zero-order valence-corrected chi connectivity index (χ0v) is 23.9. The molecule has 4 nitrogen and oxygen atoms in total. The van der Waals surface area contributed by atoms with Gasteiger partial charge in [-0.15, -0.1) is 0 Å². The third-order valence-electron chi connectivity index (χ3n) is 5.90. The third kappa shape index (κ3) is 12.9. The molecule has 1 amide bonds. The molecule has 0 bridgehead atoms. The molecule has 0 saturated carbocycles. The molecule has 1 aromatic carbocycles. The zero-order chi connectivity index (χ0) is 23.7. The summed E-state index contributed by atoms with van der Waals surface area (Å²) in [5.41, 5.74) is 1.58. The van der Waals surface area contributed by atoms with Crippen LogP contribution in [0.3, 0.4) is 0 Å². The number of ether oxygens (including phenoxy) is 1. The molecule has 0 fully saturated rings. The van der Waals surface area contributed by atoms with Gasteiger partial charge in [0.1, 0.15) is 12.8 Å². The number of hydrogen-bond donors (Lipinski definition) is 1. The lowest BCUT2D eigenvalue weighted by Crippen LogP contribution is -3.00. The number of aryl methyl sites for hydroxylation is 1. The highest BCUT2D eigenvalue weighted by molar-refractivity contribution is 6.32. The molecule has 0 radical (unpaired) electrons. The van der Waals surface area contributed by atoms with Crippen LogP contribution >= 0.6 is 11.6 Å². The minimum atomic E-state index is -0.143. The summed E-state index contributed by atoms with van der Waals surface area (Å²) in [6.07, 6.45) is 19.8. The number of halogens is 2. The predicted octanol–water partition coefficient (Wildman–Crippen LogP) is 4.18. The fourth-order valence-corrected chi connectivity index (χ4v) is 4.16. The first-order chi connectivity index (χ1) is 16.1. The molecule has 2 rings (SSSR count). The summed E-state index contributed by atoms with van der Waals surface area (Å²) in [6.45, 7) is 3.40. The third-order valence-corrected chi connectivity index (χ3v) is 6.20. The van der Waals surface area contributed by atoms with Gasteiger partial charge in [-0.25, -0.2) is 4.57 Å². The van der Waals surface area contributed by atoms with Crippen LogP contribution < -0.4 is 38.6 Å². The van der Waals surface area contributed by atoms with E-state index in [1.165, 1.54) is 70.6 Å². The minimum Gasteiger partial charge on any atom is -1.00 e. The number of nitrogens with zero attached hydrogens (tertiary/aromatic N) is 1. The number of hydrogen-bond acceptors (Lipinski definition) is 2. The Morgan fingerprint density at radius 2 is 1.56 bits per heavy atom. The van der Waals surface area contributed by atoms with E-state index in [4.69, 9.17) is 16.3 Å². The van der Waals surface area contributed by atoms with Crippen LogP contribution in [0.25, 0.3) is 0 Å². The van der Waals surface area contributed by atoms with Gasteiger partial charge >= 0.3 is 0 Å². The Morgan fingerprint density at radius 3 is 2.15 bits per heavy atom. The summed E-state index contributed by atoms with van der Waals surface area (Å²) in [7, 11) is 1.96. The maximum atomic E-state index is 12.4. The molecule has 34 heavy (non-hydrogen) atoms. The summed E-state index contributed by atoms with van der Waals surface area (Å²) in [5.74, 6) is 0.502. The maximum absolute atomic E-state index is 12.4. The van der Waals surface area contributed by atoms with E-state index < -0.39 is 0 Å². The second-order valence-electron chi connectivity index (χ2n) is 8.94. The molecular formula is C28H42ClIN2O2. The summed E-state index contributed by atoms with van der Waals surface area (Å²) in [5, 5.41) is 3.41. The Kier molecular flexibility index (Phi) is 17.1. The first kappa shape index (κ1) is 30.7. The topological polar surface area (TPSA) is 42.2 Å². The van der Waals surface area contributed by atoms with Crippen molar-refractivity contribution in [1.82, 2.24) is 5.32 Å². The smallest absolute Gasteiger partial charge is 0.251 e. The molecule has 0 aliphatic rings. The molecule has 0 atom stereocenters. The van der Waals surface area contributed by atoms with Crippen molar-refractivity contribution in [2.24, 2.45) is 7.05 Å². The molecule has 2 aromatic rings. The van der Waals surface area contributed by atoms with E-state index in [9.17, 15) is 4.79 Å². The first-order valence-electron chi connectivity index (χ1n) is 12.7. The van der Waals surface area contributed by atoms with Crippen molar-refractivity contribution in [1.29, 1.82) is 0 Å². The second kappa shape index (κ2) is 18.9. The highest BCUT2D eigenvalue weighted by atomic mass is 127. The van der Waals surface area contributed by atoms with Crippen LogP contribution in [0.15, 0.2) is 42.7 Å². The fraction of sp³-hybridized carbons (Fsp3) is 0.571. The van der Waals surface area contributed by atoms with E-state index in [2.05, 4.69) is 12.2 Å². The van der Waals surface area contributed by atoms with Crippen LogP contribution in [0.1, 0.15) is 99.9 Å². The number of amides is 1. The van der Waals surface area contributed by atoms with Gasteiger partial charge in [-0.05, 0) is 30.7 Å². The summed E-state index contributed by atoms with van der Waals surface area (Å²) in [4.78, 5) is 12.4. The average molecular weight is 601 g/mol. The minimum absolute atomic E-state index is 0. The number of aromatic nitrogens is 1. The van der Waals surface area contributed by atoms with E-state index in [0.717, 1.165) is 12.0 Å². The monoisotopic (exact) mass is 600 g/mol. The Morgan fingerprint density at radius 1 is 0.941 bits per heavy atom. The Labute approximate surface area is 228 Å². The van der Waals surface area contributed by atoms with Gasteiger partial charge in [-0.1, -0.05) is 89.2 Å². The van der Waals surface area contributed by atoms with E-state index in [1.807, 2.05) is 36.1 Å². The quantitative estimate of drug-likeness (QED) is 0.168. The number of carbonyl (C=O) groups is 1. The van der Waals surface area contributed by atoms with Crippen LogP contribution in [0.4, 0.5) is 0 Å². The lowest BCUT2D eigenvalue weighted by molar-refractivity contribution is -0.671. The van der Waals surface area contributed by atoms with Gasteiger partial charge in [0, 0.05) is 23.7 Å². The predicted molar refractivity (Wildman–Crippen MR) is 137 cm³/mol. The highest BCUT2D eigenvalue weighted by Gasteiger charge is 2.10. The first-order valence-corrected chi connectivity index (χ1v) is 13.1. The van der Waals surface area contributed by atoms with E-state index in [1.54, 1.807) is 18.2 Å². The SMILES string of the molecule is CCCCCCCCCCCCCCOc1ccc(C(=O)NCc2ccc[n+](C)c2)cc1Cl.[I-]. The second-order valence-corrected chi connectivity index (χ2v) is 9.35. The Bertz CT molecular complexity index is 832. The van der Waals surface area contributed by atoms with Crippen molar-refractivity contribution in [3.63, 3.8) is 0 Å². The molecule has 1 heterocycles. The van der Waals surface area contributed by atoms with Crippen LogP contribution in [-0.4, -0.2) is 12.5 Å². The van der Waals surface area contributed by atoms with Gasteiger partial charge in [-0.3, -0.25) is 4.79 Å². The largest absolute Gasteiger partial charge is 1.00 e. The van der Waals surface area contributed by atoms with Crippen molar-refractivity contribution in [3.05, 3.63) is 58.9 Å². The van der Waals surface area contributed by atoms with Crippen LogP contribution in [-0.2, 0) is 13.6 Å². The van der Waals surface area contributed by atoms with Crippen molar-refractivity contribution in [2.75, 3.05) is 6.61 Å². The summed E-state index contributed by atoms with van der Waals surface area (Å²) < 4.78 is 7.80. The normalized spacial score (nSPS) is 10.6. The van der Waals surface area contributed by atoms with Gasteiger partial charge < -0.3 is 34.0 Å². The number of carbonyl (C=O) groups excluding carboxylic acids is 1. The van der Waals surface area contributed by atoms with Crippen molar-refractivity contribution < 1.29 is 38.1 Å². The van der Waals surface area contributed by atoms with Crippen molar-refractivity contribution >= 4 is 17.5 Å². The fourth-order valence-electron chi connectivity index (χ4n) is 3.92. The van der Waals surface area contributed by atoms with Gasteiger partial charge in [-0.2, -0.15) is 0 Å². The number of nitrogens with one attached hydrogen (secondary N) is 1. The molecule has 0 aliphatic carbocycles.